The van der Waals surface area contributed by atoms with Crippen LogP contribution in [0.3, 0.4) is 0 Å². The highest BCUT2D eigenvalue weighted by molar-refractivity contribution is 6.11. The maximum Gasteiger partial charge on any atom is 0.144 e. The van der Waals surface area contributed by atoms with Crippen molar-refractivity contribution in [1.82, 2.24) is 4.98 Å². The fourth-order valence-electron chi connectivity index (χ4n) is 3.90. The van der Waals surface area contributed by atoms with Gasteiger partial charge >= 0.3 is 0 Å². The molecule has 0 amide bonds. The molecule has 28 heavy (non-hydrogen) atoms. The molecule has 5 aromatic rings. The van der Waals surface area contributed by atoms with E-state index in [2.05, 4.69) is 39.0 Å². The Hall–Kier alpha value is -3.20. The van der Waals surface area contributed by atoms with E-state index in [1.165, 1.54) is 6.07 Å². The van der Waals surface area contributed by atoms with Gasteiger partial charge in [-0.1, -0.05) is 32.0 Å². The van der Waals surface area contributed by atoms with Crippen molar-refractivity contribution in [3.8, 4) is 11.3 Å². The smallest absolute Gasteiger partial charge is 0.144 e. The standard InChI is InChI=1S/C25H20FNO/c1-14(2)22-13-16-12-17(26)8-9-18(16)24(27-22)21-11-15(3)10-20-19-6-4-5-7-23(19)28-25(20)21/h4-14H,1-3H3. The summed E-state index contributed by atoms with van der Waals surface area (Å²) in [6.45, 7) is 6.29. The van der Waals surface area contributed by atoms with Crippen LogP contribution in [0.1, 0.15) is 31.0 Å². The molecule has 0 aliphatic rings. The summed E-state index contributed by atoms with van der Waals surface area (Å²) in [6, 6.07) is 19.2. The van der Waals surface area contributed by atoms with Crippen molar-refractivity contribution in [3.05, 3.63) is 77.7 Å². The monoisotopic (exact) mass is 369 g/mol. The fourth-order valence-corrected chi connectivity index (χ4v) is 3.90. The Morgan fingerprint density at radius 1 is 0.893 bits per heavy atom. The molecule has 138 valence electrons. The summed E-state index contributed by atoms with van der Waals surface area (Å²) in [5.41, 5.74) is 5.56. The van der Waals surface area contributed by atoms with E-state index >= 15 is 0 Å². The normalized spacial score (nSPS) is 11.9. The first kappa shape index (κ1) is 16.9. The van der Waals surface area contributed by atoms with Crippen LogP contribution in [0, 0.1) is 12.7 Å². The number of furan rings is 1. The molecule has 5 rings (SSSR count). The SMILES string of the molecule is Cc1cc(-c2nc(C(C)C)cc3cc(F)ccc23)c2oc3ccccc3c2c1. The summed E-state index contributed by atoms with van der Waals surface area (Å²) in [6.07, 6.45) is 0. The van der Waals surface area contributed by atoms with Gasteiger partial charge in [0, 0.05) is 27.4 Å². The quantitative estimate of drug-likeness (QED) is 0.324. The minimum Gasteiger partial charge on any atom is -0.455 e. The van der Waals surface area contributed by atoms with Crippen LogP contribution >= 0.6 is 0 Å². The Morgan fingerprint density at radius 2 is 1.71 bits per heavy atom. The van der Waals surface area contributed by atoms with Gasteiger partial charge in [0.25, 0.3) is 0 Å². The highest BCUT2D eigenvalue weighted by atomic mass is 19.1. The predicted octanol–water partition coefficient (Wildman–Crippen LogP) is 7.37. The van der Waals surface area contributed by atoms with Gasteiger partial charge in [-0.05, 0) is 66.3 Å². The number of hydrogen-bond donors (Lipinski definition) is 0. The molecule has 0 fully saturated rings. The van der Waals surface area contributed by atoms with Gasteiger partial charge in [0.05, 0.1) is 5.69 Å². The zero-order valence-corrected chi connectivity index (χ0v) is 16.1. The van der Waals surface area contributed by atoms with Gasteiger partial charge in [-0.15, -0.1) is 0 Å². The predicted molar refractivity (Wildman–Crippen MR) is 113 cm³/mol. The van der Waals surface area contributed by atoms with Crippen LogP contribution in [-0.2, 0) is 0 Å². The number of aryl methyl sites for hydroxylation is 1. The second kappa shape index (κ2) is 6.16. The van der Waals surface area contributed by atoms with Gasteiger partial charge in [0.1, 0.15) is 17.0 Å². The molecule has 0 bridgehead atoms. The molecule has 0 atom stereocenters. The van der Waals surface area contributed by atoms with E-state index in [9.17, 15) is 4.39 Å². The van der Waals surface area contributed by atoms with Crippen LogP contribution in [0.2, 0.25) is 0 Å². The third kappa shape index (κ3) is 2.58. The van der Waals surface area contributed by atoms with E-state index < -0.39 is 0 Å². The molecule has 0 spiro atoms. The van der Waals surface area contributed by atoms with Crippen LogP contribution in [0.15, 0.2) is 65.1 Å². The second-order valence-corrected chi connectivity index (χ2v) is 7.70. The van der Waals surface area contributed by atoms with Crippen LogP contribution in [0.4, 0.5) is 4.39 Å². The number of nitrogens with zero attached hydrogens (tertiary/aromatic N) is 1. The molecule has 2 nitrogen and oxygen atoms in total. The third-order valence-electron chi connectivity index (χ3n) is 5.28. The first-order valence-corrected chi connectivity index (χ1v) is 9.54. The van der Waals surface area contributed by atoms with E-state index in [1.54, 1.807) is 6.07 Å². The number of rotatable bonds is 2. The van der Waals surface area contributed by atoms with Crippen LogP contribution in [0.5, 0.6) is 0 Å². The molecule has 2 heterocycles. The van der Waals surface area contributed by atoms with Gasteiger partial charge in [-0.2, -0.15) is 0 Å². The average Bonchev–Trinajstić information content (AvgIpc) is 3.04. The minimum absolute atomic E-state index is 0.238. The Morgan fingerprint density at radius 3 is 2.54 bits per heavy atom. The molecule has 2 aromatic heterocycles. The Bertz CT molecular complexity index is 1360. The van der Waals surface area contributed by atoms with Crippen molar-refractivity contribution in [1.29, 1.82) is 0 Å². The number of fused-ring (bicyclic) bond motifs is 4. The highest BCUT2D eigenvalue weighted by Crippen LogP contribution is 2.39. The molecule has 0 unspecified atom stereocenters. The molecular formula is C25H20FNO. The van der Waals surface area contributed by atoms with Crippen LogP contribution in [-0.4, -0.2) is 4.98 Å². The summed E-state index contributed by atoms with van der Waals surface area (Å²) in [7, 11) is 0. The van der Waals surface area contributed by atoms with Crippen molar-refractivity contribution in [2.24, 2.45) is 0 Å². The molecule has 0 saturated carbocycles. The van der Waals surface area contributed by atoms with Crippen molar-refractivity contribution >= 4 is 32.7 Å². The Kier molecular flexibility index (Phi) is 3.73. The molecule has 0 aliphatic carbocycles. The first-order valence-electron chi connectivity index (χ1n) is 9.54. The molecule has 0 radical (unpaired) electrons. The Labute approximate surface area is 162 Å². The van der Waals surface area contributed by atoms with Gasteiger partial charge in [0.15, 0.2) is 0 Å². The number of hydrogen-bond acceptors (Lipinski definition) is 2. The molecule has 0 saturated heterocycles. The molecule has 0 N–H and O–H groups in total. The second-order valence-electron chi connectivity index (χ2n) is 7.70. The lowest BCUT2D eigenvalue weighted by molar-refractivity contribution is 0.629. The van der Waals surface area contributed by atoms with Crippen LogP contribution in [0.25, 0.3) is 44.0 Å². The number of benzene rings is 3. The first-order chi connectivity index (χ1) is 13.5. The number of para-hydroxylation sites is 1. The Balaban J connectivity index is 1.93. The summed E-state index contributed by atoms with van der Waals surface area (Å²) in [5.74, 6) is -0.000118. The minimum atomic E-state index is -0.238. The molecular weight excluding hydrogens is 349 g/mol. The molecule has 3 heteroatoms. The number of pyridine rings is 1. The third-order valence-corrected chi connectivity index (χ3v) is 5.28. The summed E-state index contributed by atoms with van der Waals surface area (Å²) in [4.78, 5) is 4.98. The number of aromatic nitrogens is 1. The zero-order valence-electron chi connectivity index (χ0n) is 16.1. The van der Waals surface area contributed by atoms with Gasteiger partial charge in [-0.25, -0.2) is 4.39 Å². The lowest BCUT2D eigenvalue weighted by atomic mass is 9.97. The van der Waals surface area contributed by atoms with Gasteiger partial charge in [0.2, 0.25) is 0 Å². The maximum absolute atomic E-state index is 13.9. The van der Waals surface area contributed by atoms with E-state index in [0.717, 1.165) is 55.2 Å². The van der Waals surface area contributed by atoms with Crippen molar-refractivity contribution < 1.29 is 8.81 Å². The lowest BCUT2D eigenvalue weighted by Crippen LogP contribution is -1.97. The molecule has 0 aliphatic heterocycles. The lowest BCUT2D eigenvalue weighted by Gasteiger charge is -2.13. The zero-order chi connectivity index (χ0) is 19.4. The maximum atomic E-state index is 13.9. The van der Waals surface area contributed by atoms with Crippen LogP contribution < -0.4 is 0 Å². The fraction of sp³-hybridized carbons (Fsp3) is 0.160. The van der Waals surface area contributed by atoms with E-state index in [-0.39, 0.29) is 11.7 Å². The van der Waals surface area contributed by atoms with E-state index in [4.69, 9.17) is 9.40 Å². The summed E-state index contributed by atoms with van der Waals surface area (Å²) < 4.78 is 20.2. The summed E-state index contributed by atoms with van der Waals surface area (Å²) >= 11 is 0. The van der Waals surface area contributed by atoms with Gasteiger partial charge in [-0.3, -0.25) is 4.98 Å². The van der Waals surface area contributed by atoms with E-state index in [1.807, 2.05) is 30.3 Å². The average molecular weight is 369 g/mol. The topological polar surface area (TPSA) is 26.0 Å². The van der Waals surface area contributed by atoms with E-state index in [0.29, 0.717) is 0 Å². The highest BCUT2D eigenvalue weighted by Gasteiger charge is 2.18. The molecule has 3 aromatic carbocycles. The van der Waals surface area contributed by atoms with Crippen molar-refractivity contribution in [2.75, 3.05) is 0 Å². The summed E-state index contributed by atoms with van der Waals surface area (Å²) in [5, 5.41) is 3.97. The van der Waals surface area contributed by atoms with Gasteiger partial charge < -0.3 is 4.42 Å². The number of halogens is 1. The largest absolute Gasteiger partial charge is 0.455 e. The van der Waals surface area contributed by atoms with Crippen molar-refractivity contribution in [3.63, 3.8) is 0 Å². The van der Waals surface area contributed by atoms with Crippen molar-refractivity contribution in [2.45, 2.75) is 26.7 Å².